The number of quaternary nitrogens is 1. The molecule has 4 N–H and O–H groups in total. The van der Waals surface area contributed by atoms with Gasteiger partial charge in [-0.15, -0.1) is 0 Å². The van der Waals surface area contributed by atoms with E-state index in [9.17, 15) is 31.6 Å². The van der Waals surface area contributed by atoms with E-state index >= 15 is 0 Å². The smallest absolute Gasteiger partial charge is 0.281 e. The maximum Gasteiger partial charge on any atom is 0.281 e. The highest BCUT2D eigenvalue weighted by Crippen LogP contribution is 2.57. The Balaban J connectivity index is 1.31. The van der Waals surface area contributed by atoms with Crippen molar-refractivity contribution >= 4 is 38.5 Å². The number of hydrogen-bond donors (Lipinski definition) is 2. The van der Waals surface area contributed by atoms with Crippen LogP contribution in [0.3, 0.4) is 0 Å². The van der Waals surface area contributed by atoms with Crippen LogP contribution in [0.25, 0.3) is 10.9 Å². The molecule has 0 unspecified atom stereocenters. The topological polar surface area (TPSA) is 160 Å². The van der Waals surface area contributed by atoms with Gasteiger partial charge in [-0.25, -0.2) is 22.2 Å². The minimum Gasteiger partial charge on any atom is -0.488 e. The summed E-state index contributed by atoms with van der Waals surface area (Å²) < 4.78 is 68.5. The predicted molar refractivity (Wildman–Crippen MR) is 176 cm³/mol. The zero-order chi connectivity index (χ0) is 35.3. The molecule has 6 rings (SSSR count). The van der Waals surface area contributed by atoms with E-state index in [2.05, 4.69) is 15.4 Å². The Morgan fingerprint density at radius 1 is 1.16 bits per heavy atom. The standard InChI is InChI=1S/C35H44F2N4O7S/c1-20(2)47-29-16-28(23-11-12-24(36)30(37)31(23)39-29)48-22-15-26-27(42)18-35(33(44)40-49(45,46)34(3)13-14-34)17-21(35)9-7-5-4-6-8-10-25(38)32(43)41(26)19-22/h7,9,11-12,16,20-22,25-26H,4-6,8,10,13-15,17-19,38H2,1-3H3,(H,40,44)/p+1/b9-7-/t21-,22+,25-,26-,35+/m0/s1. The van der Waals surface area contributed by atoms with Gasteiger partial charge >= 0.3 is 0 Å². The van der Waals surface area contributed by atoms with Gasteiger partial charge in [-0.1, -0.05) is 18.6 Å². The van der Waals surface area contributed by atoms with Gasteiger partial charge in [0, 0.05) is 30.7 Å². The number of allylic oxidation sites excluding steroid dienone is 2. The molecule has 3 fully saturated rings. The summed E-state index contributed by atoms with van der Waals surface area (Å²) in [5, 5.41) is 0.195. The number of carbonyl (C=O) groups excluding carboxylic acids is 3. The molecule has 2 saturated carbocycles. The van der Waals surface area contributed by atoms with Gasteiger partial charge in [0.1, 0.15) is 17.4 Å². The molecule has 1 aromatic heterocycles. The second-order valence-corrected chi connectivity index (χ2v) is 16.8. The number of benzene rings is 1. The number of nitrogens with one attached hydrogen (secondary N) is 1. The number of ether oxygens (including phenoxy) is 2. The van der Waals surface area contributed by atoms with Crippen molar-refractivity contribution in [1.29, 1.82) is 0 Å². The quantitative estimate of drug-likeness (QED) is 0.413. The number of amides is 2. The number of aromatic nitrogens is 1. The Hall–Kier alpha value is -3.65. The van der Waals surface area contributed by atoms with Gasteiger partial charge in [-0.05, 0) is 77.3 Å². The van der Waals surface area contributed by atoms with E-state index < -0.39 is 55.9 Å². The molecule has 3 heterocycles. The van der Waals surface area contributed by atoms with Gasteiger partial charge in [0.05, 0.1) is 28.9 Å². The van der Waals surface area contributed by atoms with Crippen LogP contribution in [-0.4, -0.2) is 71.5 Å². The molecule has 49 heavy (non-hydrogen) atoms. The molecule has 11 nitrogen and oxygen atoms in total. The van der Waals surface area contributed by atoms with Crippen molar-refractivity contribution < 1.29 is 46.8 Å². The third-order valence-corrected chi connectivity index (χ3v) is 12.6. The predicted octanol–water partition coefficient (Wildman–Crippen LogP) is 3.74. The van der Waals surface area contributed by atoms with E-state index in [4.69, 9.17) is 9.47 Å². The normalized spacial score (nSPS) is 29.4. The molecule has 4 aliphatic rings. The monoisotopic (exact) mass is 703 g/mol. The molecular weight excluding hydrogens is 658 g/mol. The molecule has 2 aromatic rings. The maximum absolute atomic E-state index is 14.9. The van der Waals surface area contributed by atoms with Crippen molar-refractivity contribution in [2.24, 2.45) is 11.3 Å². The van der Waals surface area contributed by atoms with Gasteiger partial charge in [0.15, 0.2) is 23.5 Å². The summed E-state index contributed by atoms with van der Waals surface area (Å²) in [5.41, 5.74) is 2.57. The average Bonchev–Trinajstić information content (AvgIpc) is 3.91. The van der Waals surface area contributed by atoms with Crippen LogP contribution >= 0.6 is 0 Å². The van der Waals surface area contributed by atoms with E-state index in [1.165, 1.54) is 17.0 Å². The summed E-state index contributed by atoms with van der Waals surface area (Å²) in [5.74, 6) is -3.77. The van der Waals surface area contributed by atoms with E-state index in [1.54, 1.807) is 20.8 Å². The Morgan fingerprint density at radius 3 is 2.63 bits per heavy atom. The molecule has 2 amide bonds. The van der Waals surface area contributed by atoms with Gasteiger partial charge < -0.3 is 20.1 Å². The molecule has 2 aliphatic carbocycles. The van der Waals surface area contributed by atoms with Gasteiger partial charge in [0.2, 0.25) is 21.8 Å². The summed E-state index contributed by atoms with van der Waals surface area (Å²) >= 11 is 0. The first-order valence-corrected chi connectivity index (χ1v) is 18.6. The second-order valence-electron chi connectivity index (χ2n) is 14.6. The highest BCUT2D eigenvalue weighted by atomic mass is 32.2. The first kappa shape index (κ1) is 35.2. The van der Waals surface area contributed by atoms with E-state index in [0.717, 1.165) is 31.7 Å². The lowest BCUT2D eigenvalue weighted by Gasteiger charge is -2.26. The number of sulfonamides is 1. The Morgan fingerprint density at radius 2 is 1.92 bits per heavy atom. The largest absolute Gasteiger partial charge is 0.488 e. The summed E-state index contributed by atoms with van der Waals surface area (Å²) in [4.78, 5) is 47.4. The molecule has 0 radical (unpaired) electrons. The van der Waals surface area contributed by atoms with E-state index in [-0.39, 0.29) is 65.6 Å². The van der Waals surface area contributed by atoms with Gasteiger partial charge in [-0.2, -0.15) is 0 Å². The lowest BCUT2D eigenvalue weighted by molar-refractivity contribution is -0.407. The van der Waals surface area contributed by atoms with Crippen molar-refractivity contribution in [1.82, 2.24) is 14.6 Å². The van der Waals surface area contributed by atoms with Crippen molar-refractivity contribution in [3.8, 4) is 11.6 Å². The fourth-order valence-electron chi connectivity index (χ4n) is 6.99. The number of ketones is 1. The maximum atomic E-state index is 14.9. The third kappa shape index (κ3) is 7.03. The van der Waals surface area contributed by atoms with Crippen LogP contribution in [-0.2, 0) is 24.4 Å². The van der Waals surface area contributed by atoms with Crippen molar-refractivity contribution in [3.05, 3.63) is 42.0 Å². The lowest BCUT2D eigenvalue weighted by atomic mass is 9.91. The molecule has 1 aromatic carbocycles. The molecule has 0 bridgehead atoms. The van der Waals surface area contributed by atoms with Crippen LogP contribution in [0.15, 0.2) is 30.4 Å². The van der Waals surface area contributed by atoms with Crippen LogP contribution in [0.1, 0.15) is 85.0 Å². The fourth-order valence-corrected chi connectivity index (χ4v) is 8.32. The first-order valence-electron chi connectivity index (χ1n) is 17.2. The zero-order valence-electron chi connectivity index (χ0n) is 28.2. The number of pyridine rings is 1. The van der Waals surface area contributed by atoms with Crippen molar-refractivity contribution in [2.45, 2.75) is 114 Å². The zero-order valence-corrected chi connectivity index (χ0v) is 29.0. The number of hydrogen-bond acceptors (Lipinski definition) is 8. The summed E-state index contributed by atoms with van der Waals surface area (Å²) in [6.07, 6.45) is 7.73. The van der Waals surface area contributed by atoms with Crippen LogP contribution < -0.4 is 19.9 Å². The Labute approximate surface area is 285 Å². The average molecular weight is 704 g/mol. The van der Waals surface area contributed by atoms with Gasteiger partial charge in [-0.3, -0.25) is 19.1 Å². The van der Waals surface area contributed by atoms with Crippen LogP contribution in [0.2, 0.25) is 0 Å². The lowest BCUT2D eigenvalue weighted by Crippen LogP contribution is -2.68. The highest BCUT2D eigenvalue weighted by Gasteiger charge is 2.62. The van der Waals surface area contributed by atoms with E-state index in [1.807, 2.05) is 12.2 Å². The Kier molecular flexibility index (Phi) is 9.50. The number of halogens is 2. The molecule has 14 heteroatoms. The molecule has 1 saturated heterocycles. The number of fused-ring (bicyclic) bond motifs is 3. The SMILES string of the molecule is CC(C)Oc1cc(O[C@@H]2C[C@H]3C(=O)C[C@]4(C(=O)NS(=O)(=O)C5(C)CC5)C[C@@H]4/C=C\CCCCC[C@H]([NH3+])C(=O)N3C2)c2ccc(F)c(F)c2n1. The number of Topliss-reactive ketones (excluding diaryl/α,β-unsaturated/α-hetero) is 1. The second kappa shape index (κ2) is 13.2. The molecule has 2 aliphatic heterocycles. The van der Waals surface area contributed by atoms with Crippen molar-refractivity contribution in [3.63, 3.8) is 0 Å². The third-order valence-electron chi connectivity index (χ3n) is 10.4. The fraction of sp³-hybridized carbons (Fsp3) is 0.600. The Bertz CT molecular complexity index is 1800. The highest BCUT2D eigenvalue weighted by molar-refractivity contribution is 7.91. The van der Waals surface area contributed by atoms with Gasteiger partial charge in [0.25, 0.3) is 5.91 Å². The molecule has 5 atom stereocenters. The summed E-state index contributed by atoms with van der Waals surface area (Å²) in [7, 11) is -3.94. The van der Waals surface area contributed by atoms with Crippen molar-refractivity contribution in [2.75, 3.05) is 6.54 Å². The summed E-state index contributed by atoms with van der Waals surface area (Å²) in [6.45, 7) is 5.14. The number of rotatable bonds is 7. The number of nitrogens with zero attached hydrogens (tertiary/aromatic N) is 2. The molecule has 266 valence electrons. The number of carbonyl (C=O) groups is 3. The minimum absolute atomic E-state index is 0.0182. The minimum atomic E-state index is -3.94. The molecular formula is C35H45F2N4O7S+. The molecule has 0 spiro atoms. The van der Waals surface area contributed by atoms with Crippen LogP contribution in [0.4, 0.5) is 8.78 Å². The van der Waals surface area contributed by atoms with E-state index in [0.29, 0.717) is 25.7 Å². The van der Waals surface area contributed by atoms with Crippen LogP contribution in [0, 0.1) is 23.0 Å². The van der Waals surface area contributed by atoms with Crippen LogP contribution in [0.5, 0.6) is 11.6 Å². The summed E-state index contributed by atoms with van der Waals surface area (Å²) in [6, 6.07) is 2.22. The first-order chi connectivity index (χ1) is 23.1.